The van der Waals surface area contributed by atoms with Crippen molar-refractivity contribution in [2.75, 3.05) is 0 Å². The molecule has 1 aromatic heterocycles. The Hall–Kier alpha value is -3.26. The fraction of sp³-hybridized carbons (Fsp3) is 0.154. The molecule has 0 aliphatic heterocycles. The Morgan fingerprint density at radius 3 is 1.79 bits per heavy atom. The van der Waals surface area contributed by atoms with E-state index in [1.165, 1.54) is 5.56 Å². The number of aromatic nitrogens is 1. The van der Waals surface area contributed by atoms with Crippen LogP contribution in [-0.4, -0.2) is 4.98 Å². The molecule has 0 bridgehead atoms. The normalized spacial score (nSPS) is 11.4. The molecule has 138 valence electrons. The van der Waals surface area contributed by atoms with Crippen molar-refractivity contribution in [3.8, 4) is 34.0 Å². The number of hydrogen-bond acceptors (Lipinski definition) is 1. The lowest BCUT2D eigenvalue weighted by Crippen LogP contribution is -2.10. The summed E-state index contributed by atoms with van der Waals surface area (Å²) in [5, 5.41) is 0. The highest BCUT2D eigenvalue weighted by molar-refractivity contribution is 5.69. The van der Waals surface area contributed by atoms with Crippen molar-refractivity contribution in [1.29, 1.82) is 0 Å². The molecule has 0 spiro atoms. The Morgan fingerprint density at radius 2 is 1.21 bits per heavy atom. The van der Waals surface area contributed by atoms with E-state index in [0.717, 1.165) is 28.1 Å². The first-order chi connectivity index (χ1) is 13.5. The van der Waals surface area contributed by atoms with Crippen LogP contribution in [-0.2, 0) is 5.41 Å². The van der Waals surface area contributed by atoms with Crippen LogP contribution >= 0.6 is 0 Å². The van der Waals surface area contributed by atoms with Gasteiger partial charge >= 0.3 is 11.7 Å². The second-order valence-electron chi connectivity index (χ2n) is 7.97. The molecule has 4 rings (SSSR count). The number of rotatable bonds is 3. The summed E-state index contributed by atoms with van der Waals surface area (Å²) in [5.74, 6) is 1.44. The Labute approximate surface area is 166 Å². The van der Waals surface area contributed by atoms with Gasteiger partial charge in [-0.3, -0.25) is 0 Å². The summed E-state index contributed by atoms with van der Waals surface area (Å²) in [6.07, 6.45) is 0. The van der Waals surface area contributed by atoms with Crippen LogP contribution in [0.15, 0.2) is 95.4 Å². The van der Waals surface area contributed by atoms with Gasteiger partial charge in [0.05, 0.1) is 17.3 Å². The molecule has 3 aromatic carbocycles. The summed E-state index contributed by atoms with van der Waals surface area (Å²) in [5.41, 5.74) is 5.39. The van der Waals surface area contributed by atoms with E-state index >= 15 is 0 Å². The van der Waals surface area contributed by atoms with Gasteiger partial charge in [-0.25, -0.2) is 0 Å². The zero-order valence-electron chi connectivity index (χ0n) is 16.5. The summed E-state index contributed by atoms with van der Waals surface area (Å²) >= 11 is 0. The van der Waals surface area contributed by atoms with Crippen molar-refractivity contribution in [1.82, 2.24) is 4.98 Å². The monoisotopic (exact) mass is 366 g/mol. The molecule has 1 heterocycles. The maximum absolute atomic E-state index is 6.23. The smallest absolute Gasteiger partial charge is 0.186 e. The van der Waals surface area contributed by atoms with Crippen molar-refractivity contribution in [2.24, 2.45) is 0 Å². The van der Waals surface area contributed by atoms with Crippen molar-refractivity contribution in [3.05, 3.63) is 96.6 Å². The van der Waals surface area contributed by atoms with Gasteiger partial charge in [0.15, 0.2) is 0 Å². The summed E-state index contributed by atoms with van der Waals surface area (Å²) in [6.45, 7) is 6.65. The molecule has 0 aliphatic carbocycles. The van der Waals surface area contributed by atoms with E-state index in [1.54, 1.807) is 0 Å². The predicted molar refractivity (Wildman–Crippen MR) is 116 cm³/mol. The third kappa shape index (κ3) is 3.86. The molecule has 0 radical (unpaired) electrons. The minimum Gasteiger partial charge on any atom is -0.186 e. The number of benzene rings is 3. The van der Waals surface area contributed by atoms with Gasteiger partial charge in [-0.05, 0) is 35.2 Å². The second kappa shape index (κ2) is 7.40. The molecule has 2 heteroatoms. The largest absolute Gasteiger partial charge is 0.460 e. The van der Waals surface area contributed by atoms with Crippen LogP contribution in [0.25, 0.3) is 34.0 Å². The van der Waals surface area contributed by atoms with Gasteiger partial charge in [0.1, 0.15) is 5.56 Å². The zero-order chi connectivity index (χ0) is 19.6. The summed E-state index contributed by atoms with van der Waals surface area (Å²) in [7, 11) is 0. The average Bonchev–Trinajstić information content (AvgIpc) is 2.74. The molecule has 0 fully saturated rings. The Morgan fingerprint density at radius 1 is 0.643 bits per heavy atom. The highest BCUT2D eigenvalue weighted by atomic mass is 16.3. The van der Waals surface area contributed by atoms with E-state index < -0.39 is 0 Å². The third-order valence-electron chi connectivity index (χ3n) is 4.82. The van der Waals surface area contributed by atoms with Gasteiger partial charge < -0.3 is 0 Å². The molecule has 0 amide bonds. The molecular formula is C26H24NO+. The highest BCUT2D eigenvalue weighted by Gasteiger charge is 2.23. The Bertz CT molecular complexity index is 1010. The Balaban J connectivity index is 1.85. The van der Waals surface area contributed by atoms with E-state index in [0.29, 0.717) is 5.89 Å². The topological polar surface area (TPSA) is 24.2 Å². The molecule has 0 N–H and O–H groups in total. The standard InChI is InChI=1S/C26H24NO/c1-26(2,3)22-16-14-21(15-17-22)25-27-23(19-10-6-4-7-11-19)18-24(28-25)20-12-8-5-9-13-20/h4-18H,1-3H3/q+1. The van der Waals surface area contributed by atoms with Crippen LogP contribution in [0.3, 0.4) is 0 Å². The minimum atomic E-state index is 0.115. The van der Waals surface area contributed by atoms with Crippen LogP contribution in [0.4, 0.5) is 0 Å². The number of nitrogens with zero attached hydrogens (tertiary/aromatic N) is 1. The van der Waals surface area contributed by atoms with E-state index in [4.69, 9.17) is 9.40 Å². The third-order valence-corrected chi connectivity index (χ3v) is 4.82. The first-order valence-corrected chi connectivity index (χ1v) is 9.58. The van der Waals surface area contributed by atoms with Crippen molar-refractivity contribution >= 4 is 0 Å². The lowest BCUT2D eigenvalue weighted by atomic mass is 9.87. The van der Waals surface area contributed by atoms with Crippen LogP contribution in [0.1, 0.15) is 26.3 Å². The quantitative estimate of drug-likeness (QED) is 0.356. The predicted octanol–water partition coefficient (Wildman–Crippen LogP) is 7.25. The molecule has 28 heavy (non-hydrogen) atoms. The highest BCUT2D eigenvalue weighted by Crippen LogP contribution is 2.31. The summed E-state index contributed by atoms with van der Waals surface area (Å²) in [6, 6.07) is 30.9. The Kier molecular flexibility index (Phi) is 4.79. The van der Waals surface area contributed by atoms with E-state index in [2.05, 4.69) is 69.3 Å². The van der Waals surface area contributed by atoms with E-state index in [-0.39, 0.29) is 5.41 Å². The van der Waals surface area contributed by atoms with Crippen LogP contribution in [0.5, 0.6) is 0 Å². The van der Waals surface area contributed by atoms with Gasteiger partial charge in [-0.15, -0.1) is 0 Å². The van der Waals surface area contributed by atoms with Crippen molar-refractivity contribution < 1.29 is 4.42 Å². The van der Waals surface area contributed by atoms with Gasteiger partial charge in [0.25, 0.3) is 0 Å². The second-order valence-corrected chi connectivity index (χ2v) is 7.97. The zero-order valence-corrected chi connectivity index (χ0v) is 16.5. The molecular weight excluding hydrogens is 342 g/mol. The molecule has 0 unspecified atom stereocenters. The van der Waals surface area contributed by atoms with E-state index in [9.17, 15) is 0 Å². The van der Waals surface area contributed by atoms with Gasteiger partial charge in [0, 0.05) is 5.56 Å². The van der Waals surface area contributed by atoms with Gasteiger partial charge in [-0.2, -0.15) is 9.40 Å². The van der Waals surface area contributed by atoms with Crippen LogP contribution < -0.4 is 0 Å². The fourth-order valence-electron chi connectivity index (χ4n) is 3.16. The molecule has 4 aromatic rings. The maximum atomic E-state index is 6.23. The maximum Gasteiger partial charge on any atom is 0.460 e. The van der Waals surface area contributed by atoms with Crippen molar-refractivity contribution in [3.63, 3.8) is 0 Å². The first kappa shape index (κ1) is 18.1. The molecule has 0 atom stereocenters. The first-order valence-electron chi connectivity index (χ1n) is 9.58. The molecule has 0 aliphatic rings. The lowest BCUT2D eigenvalue weighted by molar-refractivity contribution is 0.561. The average molecular weight is 366 g/mol. The van der Waals surface area contributed by atoms with Gasteiger partial charge in [0.2, 0.25) is 0 Å². The summed E-state index contributed by atoms with van der Waals surface area (Å²) < 4.78 is 6.23. The molecule has 0 saturated heterocycles. The van der Waals surface area contributed by atoms with Crippen LogP contribution in [0, 0.1) is 0 Å². The van der Waals surface area contributed by atoms with Crippen LogP contribution in [0.2, 0.25) is 0 Å². The molecule has 0 saturated carbocycles. The van der Waals surface area contributed by atoms with E-state index in [1.807, 2.05) is 42.5 Å². The summed E-state index contributed by atoms with van der Waals surface area (Å²) in [4.78, 5) is 4.82. The number of hydrogen-bond donors (Lipinski definition) is 0. The minimum absolute atomic E-state index is 0.115. The lowest BCUT2D eigenvalue weighted by Gasteiger charge is -2.18. The van der Waals surface area contributed by atoms with Crippen molar-refractivity contribution in [2.45, 2.75) is 26.2 Å². The SMILES string of the molecule is CC(C)(C)c1ccc(-c2nc(-c3ccccc3)cc(-c3ccccc3)[o+]2)cc1. The fourth-order valence-corrected chi connectivity index (χ4v) is 3.16. The van der Waals surface area contributed by atoms with Gasteiger partial charge in [-0.1, -0.05) is 81.4 Å². The molecule has 2 nitrogen and oxygen atoms in total.